The van der Waals surface area contributed by atoms with E-state index in [1.54, 1.807) is 0 Å². The molecule has 4 rings (SSSR count). The van der Waals surface area contributed by atoms with Crippen molar-refractivity contribution in [2.24, 2.45) is 0 Å². The predicted molar refractivity (Wildman–Crippen MR) is 87.8 cm³/mol. The number of benzene rings is 2. The van der Waals surface area contributed by atoms with Gasteiger partial charge in [-0.3, -0.25) is 4.79 Å². The summed E-state index contributed by atoms with van der Waals surface area (Å²) in [5.74, 6) is 0.110. The molecule has 2 aromatic rings. The summed E-state index contributed by atoms with van der Waals surface area (Å²) < 4.78 is 0. The van der Waals surface area contributed by atoms with Gasteiger partial charge in [-0.2, -0.15) is 0 Å². The van der Waals surface area contributed by atoms with Crippen molar-refractivity contribution in [3.05, 3.63) is 65.7 Å². The molecule has 2 aromatic carbocycles. The maximum atomic E-state index is 12.2. The standard InChI is InChI=1S/C19H20N2O/c1-18(2)15-10-6-7-11-16(15)21-13-17(22)20-19(18,21)12-14-8-4-3-5-9-14/h3-11H,12-13H2,1-2H3,(H,20,22)/t19-/m1/s1. The Kier molecular flexibility index (Phi) is 2.65. The molecule has 1 atom stereocenters. The summed E-state index contributed by atoms with van der Waals surface area (Å²) in [5, 5.41) is 3.30. The molecular formula is C19H20N2O. The first-order chi connectivity index (χ1) is 10.5. The van der Waals surface area contributed by atoms with Crippen molar-refractivity contribution in [2.75, 3.05) is 11.4 Å². The van der Waals surface area contributed by atoms with Crippen molar-refractivity contribution in [1.29, 1.82) is 0 Å². The molecule has 1 saturated heterocycles. The van der Waals surface area contributed by atoms with E-state index in [0.29, 0.717) is 6.54 Å². The van der Waals surface area contributed by atoms with Crippen molar-refractivity contribution in [2.45, 2.75) is 31.3 Å². The summed E-state index contributed by atoms with van der Waals surface area (Å²) in [6, 6.07) is 18.9. The lowest BCUT2D eigenvalue weighted by molar-refractivity contribution is -0.119. The van der Waals surface area contributed by atoms with Gasteiger partial charge in [-0.1, -0.05) is 62.4 Å². The van der Waals surface area contributed by atoms with Gasteiger partial charge in [-0.25, -0.2) is 0 Å². The van der Waals surface area contributed by atoms with E-state index in [0.717, 1.165) is 6.42 Å². The van der Waals surface area contributed by atoms with Crippen LogP contribution in [0.4, 0.5) is 5.69 Å². The quantitative estimate of drug-likeness (QED) is 0.923. The topological polar surface area (TPSA) is 32.3 Å². The van der Waals surface area contributed by atoms with Gasteiger partial charge in [0.1, 0.15) is 5.66 Å². The fraction of sp³-hybridized carbons (Fsp3) is 0.316. The first kappa shape index (κ1) is 13.4. The molecule has 1 N–H and O–H groups in total. The Morgan fingerprint density at radius 3 is 2.50 bits per heavy atom. The van der Waals surface area contributed by atoms with Crippen LogP contribution in [0.1, 0.15) is 25.0 Å². The fourth-order valence-electron chi connectivity index (χ4n) is 4.11. The Labute approximate surface area is 131 Å². The summed E-state index contributed by atoms with van der Waals surface area (Å²) in [7, 11) is 0. The highest BCUT2D eigenvalue weighted by Crippen LogP contribution is 2.53. The zero-order valence-corrected chi connectivity index (χ0v) is 13.0. The summed E-state index contributed by atoms with van der Waals surface area (Å²) in [4.78, 5) is 14.5. The molecule has 0 unspecified atom stereocenters. The second kappa shape index (κ2) is 4.35. The molecule has 3 nitrogen and oxygen atoms in total. The van der Waals surface area contributed by atoms with Crippen LogP contribution in [-0.4, -0.2) is 18.1 Å². The number of nitrogens with one attached hydrogen (secondary N) is 1. The molecule has 1 fully saturated rings. The molecule has 2 aliphatic heterocycles. The van der Waals surface area contributed by atoms with Crippen molar-refractivity contribution in [3.8, 4) is 0 Å². The van der Waals surface area contributed by atoms with Gasteiger partial charge in [0.05, 0.1) is 6.54 Å². The minimum Gasteiger partial charge on any atom is -0.338 e. The van der Waals surface area contributed by atoms with Gasteiger partial charge < -0.3 is 10.2 Å². The Morgan fingerprint density at radius 2 is 1.73 bits per heavy atom. The van der Waals surface area contributed by atoms with Crippen LogP contribution in [0.3, 0.4) is 0 Å². The van der Waals surface area contributed by atoms with Crippen molar-refractivity contribution in [3.63, 3.8) is 0 Å². The van der Waals surface area contributed by atoms with Crippen LogP contribution < -0.4 is 10.2 Å². The van der Waals surface area contributed by atoms with Crippen LogP contribution >= 0.6 is 0 Å². The van der Waals surface area contributed by atoms with Crippen LogP contribution in [0.15, 0.2) is 54.6 Å². The first-order valence-electron chi connectivity index (χ1n) is 7.77. The van der Waals surface area contributed by atoms with Gasteiger partial charge in [-0.15, -0.1) is 0 Å². The van der Waals surface area contributed by atoms with E-state index < -0.39 is 0 Å². The SMILES string of the molecule is CC1(C)c2ccccc2N2CC(=O)N[C@]21Cc1ccccc1. The number of hydrogen-bond acceptors (Lipinski definition) is 2. The van der Waals surface area contributed by atoms with Crippen LogP contribution in [0.2, 0.25) is 0 Å². The zero-order chi connectivity index (χ0) is 15.4. The lowest BCUT2D eigenvalue weighted by Crippen LogP contribution is -2.61. The van der Waals surface area contributed by atoms with Gasteiger partial charge in [0.25, 0.3) is 0 Å². The average molecular weight is 292 g/mol. The number of amides is 1. The molecule has 0 spiro atoms. The normalized spacial score (nSPS) is 24.8. The van der Waals surface area contributed by atoms with E-state index in [4.69, 9.17) is 0 Å². The summed E-state index contributed by atoms with van der Waals surface area (Å²) >= 11 is 0. The van der Waals surface area contributed by atoms with Gasteiger partial charge in [0, 0.05) is 17.5 Å². The summed E-state index contributed by atoms with van der Waals surface area (Å²) in [5.41, 5.74) is 3.21. The highest BCUT2D eigenvalue weighted by molar-refractivity contribution is 5.90. The molecule has 3 heteroatoms. The van der Waals surface area contributed by atoms with Gasteiger partial charge in [0.2, 0.25) is 5.91 Å². The van der Waals surface area contributed by atoms with Gasteiger partial charge in [-0.05, 0) is 17.2 Å². The summed E-state index contributed by atoms with van der Waals surface area (Å²) in [6.07, 6.45) is 0.807. The summed E-state index contributed by atoms with van der Waals surface area (Å²) in [6.45, 7) is 4.91. The molecule has 22 heavy (non-hydrogen) atoms. The minimum atomic E-state index is -0.380. The van der Waals surface area contributed by atoms with E-state index in [9.17, 15) is 4.79 Å². The maximum absolute atomic E-state index is 12.2. The second-order valence-corrected chi connectivity index (χ2v) is 6.80. The molecule has 112 valence electrons. The third-order valence-electron chi connectivity index (χ3n) is 5.31. The van der Waals surface area contributed by atoms with Crippen molar-refractivity contribution in [1.82, 2.24) is 5.32 Å². The molecule has 0 radical (unpaired) electrons. The maximum Gasteiger partial charge on any atom is 0.241 e. The number of carbonyl (C=O) groups excluding carboxylic acids is 1. The highest BCUT2D eigenvalue weighted by atomic mass is 16.2. The number of hydrogen-bond donors (Lipinski definition) is 1. The molecule has 2 heterocycles. The number of para-hydroxylation sites is 1. The Balaban J connectivity index is 1.87. The van der Waals surface area contributed by atoms with Gasteiger partial charge >= 0.3 is 0 Å². The molecule has 0 aliphatic carbocycles. The van der Waals surface area contributed by atoms with Gasteiger partial charge in [0.15, 0.2) is 0 Å². The second-order valence-electron chi connectivity index (χ2n) is 6.80. The zero-order valence-electron chi connectivity index (χ0n) is 13.0. The molecule has 2 aliphatic rings. The van der Waals surface area contributed by atoms with Crippen LogP contribution in [0.5, 0.6) is 0 Å². The minimum absolute atomic E-state index is 0.110. The third-order valence-corrected chi connectivity index (χ3v) is 5.31. The Bertz CT molecular complexity index is 738. The lowest BCUT2D eigenvalue weighted by atomic mass is 9.73. The molecule has 1 amide bonds. The number of nitrogens with zero attached hydrogens (tertiary/aromatic N) is 1. The van der Waals surface area contributed by atoms with E-state index in [-0.39, 0.29) is 17.0 Å². The monoisotopic (exact) mass is 292 g/mol. The van der Waals surface area contributed by atoms with E-state index in [1.165, 1.54) is 16.8 Å². The lowest BCUT2D eigenvalue weighted by Gasteiger charge is -2.43. The number of anilines is 1. The van der Waals surface area contributed by atoms with E-state index >= 15 is 0 Å². The highest BCUT2D eigenvalue weighted by Gasteiger charge is 2.60. The molecule has 0 bridgehead atoms. The Morgan fingerprint density at radius 1 is 1.05 bits per heavy atom. The van der Waals surface area contributed by atoms with Crippen LogP contribution in [-0.2, 0) is 16.6 Å². The average Bonchev–Trinajstić information content (AvgIpc) is 2.93. The van der Waals surface area contributed by atoms with Crippen molar-refractivity contribution >= 4 is 11.6 Å². The van der Waals surface area contributed by atoms with E-state index in [1.807, 2.05) is 6.07 Å². The largest absolute Gasteiger partial charge is 0.338 e. The predicted octanol–water partition coefficient (Wildman–Crippen LogP) is 2.85. The third kappa shape index (κ3) is 1.59. The molecule has 0 aromatic heterocycles. The number of carbonyl (C=O) groups is 1. The number of rotatable bonds is 2. The Hall–Kier alpha value is -2.29. The smallest absolute Gasteiger partial charge is 0.241 e. The van der Waals surface area contributed by atoms with E-state index in [2.05, 4.69) is 72.6 Å². The first-order valence-corrected chi connectivity index (χ1v) is 7.77. The van der Waals surface area contributed by atoms with Crippen LogP contribution in [0.25, 0.3) is 0 Å². The van der Waals surface area contributed by atoms with Crippen LogP contribution in [0, 0.1) is 0 Å². The molecular weight excluding hydrogens is 272 g/mol. The van der Waals surface area contributed by atoms with Crippen molar-refractivity contribution < 1.29 is 4.79 Å². The number of fused-ring (bicyclic) bond motifs is 3. The fourth-order valence-corrected chi connectivity index (χ4v) is 4.11. The molecule has 0 saturated carbocycles.